The Labute approximate surface area is 121 Å². The number of hydrogen-bond acceptors (Lipinski definition) is 2. The van der Waals surface area contributed by atoms with Crippen LogP contribution in [0.2, 0.25) is 0 Å². The Morgan fingerprint density at radius 3 is 2.52 bits per heavy atom. The van der Waals surface area contributed by atoms with Crippen molar-refractivity contribution in [2.45, 2.75) is 24.4 Å². The van der Waals surface area contributed by atoms with Crippen LogP contribution in [-0.2, 0) is 5.41 Å². The minimum Gasteiger partial charge on any atom is -0.458 e. The fourth-order valence-electron chi connectivity index (χ4n) is 3.07. The van der Waals surface area contributed by atoms with Gasteiger partial charge in [-0.15, -0.1) is 0 Å². The molecule has 0 radical (unpaired) electrons. The Bertz CT molecular complexity index is 787. The second-order valence-electron chi connectivity index (χ2n) is 5.76. The van der Waals surface area contributed by atoms with Gasteiger partial charge in [0.15, 0.2) is 0 Å². The lowest BCUT2D eigenvalue weighted by molar-refractivity contribution is 0.110. The summed E-state index contributed by atoms with van der Waals surface area (Å²) in [5.74, 6) is 0.213. The highest BCUT2D eigenvalue weighted by Crippen LogP contribution is 2.56. The number of furan rings is 1. The highest BCUT2D eigenvalue weighted by molar-refractivity contribution is 5.78. The minimum absolute atomic E-state index is 0.256. The Kier molecular flexibility index (Phi) is 2.66. The molecule has 0 bridgehead atoms. The van der Waals surface area contributed by atoms with Crippen LogP contribution in [-0.4, -0.2) is 5.11 Å². The first kappa shape index (κ1) is 12.6. The third-order valence-electron chi connectivity index (χ3n) is 4.43. The highest BCUT2D eigenvalue weighted by atomic mass is 19.1. The minimum atomic E-state index is -0.699. The molecule has 1 fully saturated rings. The number of rotatable bonds is 3. The van der Waals surface area contributed by atoms with Crippen molar-refractivity contribution in [1.82, 2.24) is 0 Å². The Hall–Kier alpha value is -2.13. The summed E-state index contributed by atoms with van der Waals surface area (Å²) in [6, 6.07) is 16.2. The van der Waals surface area contributed by atoms with Crippen molar-refractivity contribution in [1.29, 1.82) is 0 Å². The first-order valence-electron chi connectivity index (χ1n) is 7.12. The SMILES string of the molecule is OC(c1cc2cc(F)ccc2o1)C1(c2ccccc2)CC1. The zero-order valence-electron chi connectivity index (χ0n) is 11.4. The van der Waals surface area contributed by atoms with Crippen molar-refractivity contribution in [3.05, 3.63) is 71.7 Å². The summed E-state index contributed by atoms with van der Waals surface area (Å²) >= 11 is 0. The molecule has 21 heavy (non-hydrogen) atoms. The van der Waals surface area contributed by atoms with Gasteiger partial charge in [0.05, 0.1) is 0 Å². The smallest absolute Gasteiger partial charge is 0.134 e. The van der Waals surface area contributed by atoms with E-state index >= 15 is 0 Å². The predicted molar refractivity (Wildman–Crippen MR) is 78.5 cm³/mol. The van der Waals surface area contributed by atoms with Crippen molar-refractivity contribution >= 4 is 11.0 Å². The largest absolute Gasteiger partial charge is 0.458 e. The third-order valence-corrected chi connectivity index (χ3v) is 4.43. The third kappa shape index (κ3) is 1.96. The van der Waals surface area contributed by atoms with Crippen LogP contribution >= 0.6 is 0 Å². The van der Waals surface area contributed by atoms with E-state index in [2.05, 4.69) is 0 Å². The lowest BCUT2D eigenvalue weighted by atomic mass is 9.88. The van der Waals surface area contributed by atoms with Crippen LogP contribution in [0, 0.1) is 5.82 Å². The van der Waals surface area contributed by atoms with Crippen molar-refractivity contribution in [3.8, 4) is 0 Å². The fourth-order valence-corrected chi connectivity index (χ4v) is 3.07. The zero-order valence-corrected chi connectivity index (χ0v) is 11.4. The molecule has 1 aliphatic rings. The molecule has 2 aromatic carbocycles. The molecule has 1 unspecified atom stereocenters. The van der Waals surface area contributed by atoms with Gasteiger partial charge in [0.2, 0.25) is 0 Å². The lowest BCUT2D eigenvalue weighted by Crippen LogP contribution is -2.17. The van der Waals surface area contributed by atoms with Crippen LogP contribution in [0.5, 0.6) is 0 Å². The molecule has 1 N–H and O–H groups in total. The summed E-state index contributed by atoms with van der Waals surface area (Å²) < 4.78 is 19.0. The molecular formula is C18H15FO2. The predicted octanol–water partition coefficient (Wildman–Crippen LogP) is 4.34. The molecule has 1 saturated carbocycles. The first-order chi connectivity index (χ1) is 10.2. The van der Waals surface area contributed by atoms with E-state index < -0.39 is 6.10 Å². The van der Waals surface area contributed by atoms with Crippen LogP contribution in [0.25, 0.3) is 11.0 Å². The molecule has 0 saturated heterocycles. The quantitative estimate of drug-likeness (QED) is 0.775. The van der Waals surface area contributed by atoms with Crippen molar-refractivity contribution in [3.63, 3.8) is 0 Å². The van der Waals surface area contributed by atoms with Crippen LogP contribution < -0.4 is 0 Å². The van der Waals surface area contributed by atoms with Gasteiger partial charge in [0.25, 0.3) is 0 Å². The van der Waals surface area contributed by atoms with Crippen molar-refractivity contribution in [2.75, 3.05) is 0 Å². The van der Waals surface area contributed by atoms with Gasteiger partial charge >= 0.3 is 0 Å². The van der Waals surface area contributed by atoms with Gasteiger partial charge in [-0.25, -0.2) is 4.39 Å². The monoisotopic (exact) mass is 282 g/mol. The number of aliphatic hydroxyl groups excluding tert-OH is 1. The molecule has 2 nitrogen and oxygen atoms in total. The Morgan fingerprint density at radius 1 is 1.05 bits per heavy atom. The van der Waals surface area contributed by atoms with Gasteiger partial charge in [0.1, 0.15) is 23.3 Å². The summed E-state index contributed by atoms with van der Waals surface area (Å²) in [6.07, 6.45) is 1.17. The van der Waals surface area contributed by atoms with Gasteiger partial charge in [-0.05, 0) is 42.7 Å². The first-order valence-corrected chi connectivity index (χ1v) is 7.12. The Morgan fingerprint density at radius 2 is 1.81 bits per heavy atom. The van der Waals surface area contributed by atoms with E-state index in [1.165, 1.54) is 12.1 Å². The molecule has 4 rings (SSSR count). The van der Waals surface area contributed by atoms with Crippen molar-refractivity contribution < 1.29 is 13.9 Å². The average Bonchev–Trinajstić information content (AvgIpc) is 3.21. The molecule has 1 aliphatic carbocycles. The van der Waals surface area contributed by atoms with Gasteiger partial charge in [0, 0.05) is 10.8 Å². The maximum Gasteiger partial charge on any atom is 0.134 e. The zero-order chi connectivity index (χ0) is 14.4. The van der Waals surface area contributed by atoms with E-state index in [9.17, 15) is 9.50 Å². The summed E-state index contributed by atoms with van der Waals surface area (Å²) in [5.41, 5.74) is 1.48. The van der Waals surface area contributed by atoms with Crippen LogP contribution in [0.4, 0.5) is 4.39 Å². The molecule has 3 heteroatoms. The van der Waals surface area contributed by atoms with E-state index in [1.54, 1.807) is 12.1 Å². The van der Waals surface area contributed by atoms with Crippen LogP contribution in [0.15, 0.2) is 59.0 Å². The summed E-state index contributed by atoms with van der Waals surface area (Å²) in [6.45, 7) is 0. The van der Waals surface area contributed by atoms with Crippen molar-refractivity contribution in [2.24, 2.45) is 0 Å². The molecule has 3 aromatic rings. The maximum absolute atomic E-state index is 13.3. The molecule has 1 atom stereocenters. The summed E-state index contributed by atoms with van der Waals surface area (Å²) in [5, 5.41) is 11.4. The van der Waals surface area contributed by atoms with Gasteiger partial charge in [-0.1, -0.05) is 30.3 Å². The second-order valence-corrected chi connectivity index (χ2v) is 5.76. The number of fused-ring (bicyclic) bond motifs is 1. The lowest BCUT2D eigenvalue weighted by Gasteiger charge is -2.20. The number of hydrogen-bond donors (Lipinski definition) is 1. The molecule has 0 spiro atoms. The Balaban J connectivity index is 1.75. The molecule has 0 amide bonds. The normalized spacial score (nSPS) is 17.8. The van der Waals surface area contributed by atoms with E-state index in [0.29, 0.717) is 16.7 Å². The van der Waals surface area contributed by atoms with E-state index in [1.807, 2.05) is 30.3 Å². The fraction of sp³-hybridized carbons (Fsp3) is 0.222. The van der Waals surface area contributed by atoms with Crippen LogP contribution in [0.1, 0.15) is 30.3 Å². The van der Waals surface area contributed by atoms with Gasteiger partial charge in [-0.2, -0.15) is 0 Å². The highest BCUT2D eigenvalue weighted by Gasteiger charge is 2.52. The van der Waals surface area contributed by atoms with E-state index in [-0.39, 0.29) is 11.2 Å². The molecule has 0 aliphatic heterocycles. The standard InChI is InChI=1S/C18H15FO2/c19-14-6-7-15-12(10-14)11-16(21-15)17(20)18(8-9-18)13-4-2-1-3-5-13/h1-7,10-11,17,20H,8-9H2. The average molecular weight is 282 g/mol. The van der Waals surface area contributed by atoms with Gasteiger partial charge < -0.3 is 9.52 Å². The summed E-state index contributed by atoms with van der Waals surface area (Å²) in [4.78, 5) is 0. The van der Waals surface area contributed by atoms with Gasteiger partial charge in [-0.3, -0.25) is 0 Å². The molecule has 1 heterocycles. The molecule has 1 aromatic heterocycles. The van der Waals surface area contributed by atoms with E-state index in [4.69, 9.17) is 4.42 Å². The number of aliphatic hydroxyl groups is 1. The summed E-state index contributed by atoms with van der Waals surface area (Å²) in [7, 11) is 0. The van der Waals surface area contributed by atoms with E-state index in [0.717, 1.165) is 18.4 Å². The topological polar surface area (TPSA) is 33.4 Å². The molecule has 106 valence electrons. The number of benzene rings is 2. The van der Waals surface area contributed by atoms with Crippen LogP contribution in [0.3, 0.4) is 0 Å². The second kappa shape index (κ2) is 4.43. The maximum atomic E-state index is 13.3. The number of halogens is 1. The molecular weight excluding hydrogens is 267 g/mol.